The second-order valence-electron chi connectivity index (χ2n) is 4.94. The van der Waals surface area contributed by atoms with Crippen LogP contribution in [0.25, 0.3) is 0 Å². The van der Waals surface area contributed by atoms with E-state index in [2.05, 4.69) is 25.7 Å². The number of aliphatic hydroxyl groups is 2. The minimum atomic E-state index is -1.12. The minimum absolute atomic E-state index is 0.0826. The largest absolute Gasteiger partial charge is 0.368 e. The zero-order valence-electron chi connectivity index (χ0n) is 10.2. The van der Waals surface area contributed by atoms with Gasteiger partial charge < -0.3 is 10.2 Å². The quantitative estimate of drug-likeness (QED) is 0.700. The summed E-state index contributed by atoms with van der Waals surface area (Å²) in [6.07, 6.45) is 3.02. The lowest BCUT2D eigenvalue weighted by Gasteiger charge is -2.44. The van der Waals surface area contributed by atoms with E-state index in [-0.39, 0.29) is 5.92 Å². The van der Waals surface area contributed by atoms with Crippen molar-refractivity contribution in [1.82, 2.24) is 4.90 Å². The summed E-state index contributed by atoms with van der Waals surface area (Å²) in [6.45, 7) is 8.77. The van der Waals surface area contributed by atoms with Crippen molar-refractivity contribution in [2.45, 2.75) is 58.3 Å². The predicted octanol–water partition coefficient (Wildman–Crippen LogP) is 1.59. The van der Waals surface area contributed by atoms with Crippen LogP contribution < -0.4 is 0 Å². The number of likely N-dealkylation sites (tertiary alicyclic amines) is 1. The molecule has 0 radical (unpaired) electrons. The Kier molecular flexibility index (Phi) is 4.56. The fraction of sp³-hybridized carbons (Fsp3) is 1.00. The maximum absolute atomic E-state index is 9.12. The average molecular weight is 215 g/mol. The maximum Gasteiger partial charge on any atom is 0.154 e. The predicted molar refractivity (Wildman–Crippen MR) is 61.5 cm³/mol. The molecule has 2 N–H and O–H groups in total. The Morgan fingerprint density at radius 1 is 1.20 bits per heavy atom. The summed E-state index contributed by atoms with van der Waals surface area (Å²) in [7, 11) is 0. The molecule has 3 nitrogen and oxygen atoms in total. The highest BCUT2D eigenvalue weighted by Crippen LogP contribution is 2.29. The molecule has 3 heteroatoms. The molecule has 0 unspecified atom stereocenters. The van der Waals surface area contributed by atoms with Gasteiger partial charge in [-0.05, 0) is 45.7 Å². The molecule has 1 aliphatic heterocycles. The molecule has 0 spiro atoms. The zero-order valence-corrected chi connectivity index (χ0v) is 10.2. The van der Waals surface area contributed by atoms with Crippen LogP contribution in [0.3, 0.4) is 0 Å². The lowest BCUT2D eigenvalue weighted by atomic mass is 9.88. The van der Waals surface area contributed by atoms with Crippen LogP contribution in [0.5, 0.6) is 0 Å². The fourth-order valence-corrected chi connectivity index (χ4v) is 2.43. The Bertz CT molecular complexity index is 182. The number of aliphatic hydroxyl groups excluding tert-OH is 1. The topological polar surface area (TPSA) is 43.7 Å². The zero-order chi connectivity index (χ0) is 11.5. The Hall–Kier alpha value is -0.120. The highest BCUT2D eigenvalue weighted by Gasteiger charge is 2.32. The smallest absolute Gasteiger partial charge is 0.154 e. The van der Waals surface area contributed by atoms with Crippen molar-refractivity contribution in [2.24, 2.45) is 5.92 Å². The van der Waals surface area contributed by atoms with Gasteiger partial charge >= 0.3 is 0 Å². The second-order valence-corrected chi connectivity index (χ2v) is 4.94. The fourth-order valence-electron chi connectivity index (χ4n) is 2.43. The van der Waals surface area contributed by atoms with Gasteiger partial charge in [-0.1, -0.05) is 13.8 Å². The average Bonchev–Trinajstić information content (AvgIpc) is 2.28. The Morgan fingerprint density at radius 2 is 1.67 bits per heavy atom. The van der Waals surface area contributed by atoms with Crippen molar-refractivity contribution in [3.05, 3.63) is 0 Å². The maximum atomic E-state index is 9.12. The van der Waals surface area contributed by atoms with E-state index in [1.807, 2.05) is 0 Å². The minimum Gasteiger partial charge on any atom is -0.368 e. The van der Waals surface area contributed by atoms with Crippen LogP contribution in [0, 0.1) is 5.92 Å². The van der Waals surface area contributed by atoms with Crippen LogP contribution in [0.4, 0.5) is 0 Å². The van der Waals surface area contributed by atoms with Crippen molar-refractivity contribution in [1.29, 1.82) is 0 Å². The molecule has 0 bridgehead atoms. The lowest BCUT2D eigenvalue weighted by molar-refractivity contribution is -0.105. The number of hydrogen-bond acceptors (Lipinski definition) is 3. The Morgan fingerprint density at radius 3 is 2.00 bits per heavy atom. The first-order valence-electron chi connectivity index (χ1n) is 6.14. The third-order valence-electron chi connectivity index (χ3n) is 4.25. The molecule has 0 atom stereocenters. The van der Waals surface area contributed by atoms with E-state index in [9.17, 15) is 0 Å². The first-order chi connectivity index (χ1) is 7.03. The number of nitrogens with zero attached hydrogens (tertiary/aromatic N) is 1. The number of rotatable bonds is 4. The molecule has 1 heterocycles. The van der Waals surface area contributed by atoms with Gasteiger partial charge in [0.15, 0.2) is 6.29 Å². The van der Waals surface area contributed by atoms with Gasteiger partial charge in [0, 0.05) is 11.5 Å². The van der Waals surface area contributed by atoms with Crippen LogP contribution in [-0.2, 0) is 0 Å². The summed E-state index contributed by atoms with van der Waals surface area (Å²) in [4.78, 5) is 2.51. The van der Waals surface area contributed by atoms with Crippen LogP contribution in [0.15, 0.2) is 0 Å². The van der Waals surface area contributed by atoms with Crippen molar-refractivity contribution in [2.75, 3.05) is 13.1 Å². The van der Waals surface area contributed by atoms with Crippen LogP contribution in [0.1, 0.15) is 46.5 Å². The van der Waals surface area contributed by atoms with Crippen molar-refractivity contribution < 1.29 is 10.2 Å². The molecule has 1 saturated heterocycles. The van der Waals surface area contributed by atoms with E-state index in [1.165, 1.54) is 0 Å². The molecule has 15 heavy (non-hydrogen) atoms. The summed E-state index contributed by atoms with van der Waals surface area (Å²) >= 11 is 0. The summed E-state index contributed by atoms with van der Waals surface area (Å²) in [6, 6.07) is 0. The van der Waals surface area contributed by atoms with Gasteiger partial charge in [-0.3, -0.25) is 4.90 Å². The Balaban J connectivity index is 2.49. The molecule has 1 fully saturated rings. The van der Waals surface area contributed by atoms with E-state index in [4.69, 9.17) is 10.2 Å². The van der Waals surface area contributed by atoms with E-state index < -0.39 is 6.29 Å². The monoisotopic (exact) mass is 215 g/mol. The van der Waals surface area contributed by atoms with E-state index in [0.717, 1.165) is 38.8 Å². The van der Waals surface area contributed by atoms with E-state index in [1.54, 1.807) is 0 Å². The third kappa shape index (κ3) is 2.92. The first kappa shape index (κ1) is 12.9. The van der Waals surface area contributed by atoms with Gasteiger partial charge in [0.1, 0.15) is 0 Å². The van der Waals surface area contributed by atoms with E-state index >= 15 is 0 Å². The molecule has 0 amide bonds. The molecular weight excluding hydrogens is 190 g/mol. The first-order valence-corrected chi connectivity index (χ1v) is 6.14. The third-order valence-corrected chi connectivity index (χ3v) is 4.25. The van der Waals surface area contributed by atoms with Gasteiger partial charge in [-0.15, -0.1) is 0 Å². The molecule has 0 saturated carbocycles. The molecule has 0 aliphatic carbocycles. The SMILES string of the molecule is CCC(C)(CC)N1CCC(C(O)O)CC1. The highest BCUT2D eigenvalue weighted by atomic mass is 16.5. The normalized spacial score (nSPS) is 21.2. The molecule has 90 valence electrons. The van der Waals surface area contributed by atoms with Crippen LogP contribution in [0.2, 0.25) is 0 Å². The molecule has 0 aromatic rings. The molecule has 0 aromatic heterocycles. The molecular formula is C12H25NO2. The van der Waals surface area contributed by atoms with Gasteiger partial charge in [0.05, 0.1) is 0 Å². The van der Waals surface area contributed by atoms with Gasteiger partial charge in [-0.25, -0.2) is 0 Å². The standard InChI is InChI=1S/C12H25NO2/c1-4-12(3,5-2)13-8-6-10(7-9-13)11(14)15/h10-11,14-15H,4-9H2,1-3H3. The number of piperidine rings is 1. The van der Waals surface area contributed by atoms with Crippen LogP contribution >= 0.6 is 0 Å². The molecule has 0 aromatic carbocycles. The van der Waals surface area contributed by atoms with Gasteiger partial charge in [0.25, 0.3) is 0 Å². The van der Waals surface area contributed by atoms with Gasteiger partial charge in [-0.2, -0.15) is 0 Å². The summed E-state index contributed by atoms with van der Waals surface area (Å²) in [5.41, 5.74) is 0.297. The summed E-state index contributed by atoms with van der Waals surface area (Å²) in [5.74, 6) is 0.0826. The van der Waals surface area contributed by atoms with Crippen molar-refractivity contribution >= 4 is 0 Å². The summed E-state index contributed by atoms with van der Waals surface area (Å²) in [5, 5.41) is 18.2. The Labute approximate surface area is 93.1 Å². The van der Waals surface area contributed by atoms with Crippen LogP contribution in [-0.4, -0.2) is 40.0 Å². The second kappa shape index (κ2) is 5.28. The molecule has 1 rings (SSSR count). The lowest BCUT2D eigenvalue weighted by Crippen LogP contribution is -2.50. The molecule has 1 aliphatic rings. The van der Waals surface area contributed by atoms with Crippen molar-refractivity contribution in [3.8, 4) is 0 Å². The van der Waals surface area contributed by atoms with Crippen molar-refractivity contribution in [3.63, 3.8) is 0 Å². The highest BCUT2D eigenvalue weighted by molar-refractivity contribution is 4.87. The number of hydrogen-bond donors (Lipinski definition) is 2. The van der Waals surface area contributed by atoms with E-state index in [0.29, 0.717) is 5.54 Å². The summed E-state index contributed by atoms with van der Waals surface area (Å²) < 4.78 is 0. The van der Waals surface area contributed by atoms with Gasteiger partial charge in [0.2, 0.25) is 0 Å².